The summed E-state index contributed by atoms with van der Waals surface area (Å²) in [4.78, 5) is 2.61. The summed E-state index contributed by atoms with van der Waals surface area (Å²) < 4.78 is 0. The molecular formula is C16H33N3. The van der Waals surface area contributed by atoms with Crippen molar-refractivity contribution in [1.82, 2.24) is 15.5 Å². The average Bonchev–Trinajstić information content (AvgIpc) is 2.40. The molecule has 2 rings (SSSR count). The third-order valence-corrected chi connectivity index (χ3v) is 4.62. The monoisotopic (exact) mass is 267 g/mol. The van der Waals surface area contributed by atoms with E-state index < -0.39 is 0 Å². The van der Waals surface area contributed by atoms with Gasteiger partial charge in [-0.15, -0.1) is 0 Å². The largest absolute Gasteiger partial charge is 0.316 e. The third-order valence-electron chi connectivity index (χ3n) is 4.62. The molecular weight excluding hydrogens is 234 g/mol. The lowest BCUT2D eigenvalue weighted by atomic mass is 9.88. The van der Waals surface area contributed by atoms with Gasteiger partial charge in [0.05, 0.1) is 0 Å². The molecule has 0 amide bonds. The first-order chi connectivity index (χ1) is 9.16. The highest BCUT2D eigenvalue weighted by atomic mass is 15.2. The van der Waals surface area contributed by atoms with Gasteiger partial charge in [0.1, 0.15) is 0 Å². The molecule has 1 aliphatic heterocycles. The molecule has 0 aromatic heterocycles. The van der Waals surface area contributed by atoms with E-state index in [0.717, 1.165) is 25.6 Å². The molecule has 1 aliphatic carbocycles. The quantitative estimate of drug-likeness (QED) is 0.771. The van der Waals surface area contributed by atoms with E-state index in [-0.39, 0.29) is 0 Å². The van der Waals surface area contributed by atoms with Crippen molar-refractivity contribution in [3.8, 4) is 0 Å². The summed E-state index contributed by atoms with van der Waals surface area (Å²) >= 11 is 0. The lowest BCUT2D eigenvalue weighted by Gasteiger charge is -2.35. The Balaban J connectivity index is 1.62. The van der Waals surface area contributed by atoms with Gasteiger partial charge in [-0.25, -0.2) is 0 Å². The zero-order valence-corrected chi connectivity index (χ0v) is 13.0. The van der Waals surface area contributed by atoms with Crippen LogP contribution >= 0.6 is 0 Å². The first-order valence-electron chi connectivity index (χ1n) is 8.29. The molecule has 19 heavy (non-hydrogen) atoms. The molecule has 1 saturated heterocycles. The highest BCUT2D eigenvalue weighted by Crippen LogP contribution is 2.23. The van der Waals surface area contributed by atoms with Crippen LogP contribution in [0.15, 0.2) is 0 Å². The van der Waals surface area contributed by atoms with Crippen LogP contribution in [0.5, 0.6) is 0 Å². The fourth-order valence-electron chi connectivity index (χ4n) is 3.54. The number of hydrogen-bond donors (Lipinski definition) is 2. The average molecular weight is 267 g/mol. The molecule has 2 N–H and O–H groups in total. The summed E-state index contributed by atoms with van der Waals surface area (Å²) in [5.74, 6) is 0.948. The Kier molecular flexibility index (Phi) is 6.11. The van der Waals surface area contributed by atoms with Crippen molar-refractivity contribution >= 4 is 0 Å². The van der Waals surface area contributed by atoms with Gasteiger partial charge in [-0.2, -0.15) is 0 Å². The van der Waals surface area contributed by atoms with E-state index in [1.165, 1.54) is 58.3 Å². The maximum atomic E-state index is 3.74. The Bertz CT molecular complexity index is 240. The van der Waals surface area contributed by atoms with Crippen molar-refractivity contribution in [1.29, 1.82) is 0 Å². The Morgan fingerprint density at radius 3 is 2.47 bits per heavy atom. The van der Waals surface area contributed by atoms with E-state index >= 15 is 0 Å². The predicted molar refractivity (Wildman–Crippen MR) is 82.5 cm³/mol. The maximum Gasteiger partial charge on any atom is 0.0108 e. The van der Waals surface area contributed by atoms with Crippen LogP contribution in [0.2, 0.25) is 0 Å². The van der Waals surface area contributed by atoms with Crippen molar-refractivity contribution in [3.63, 3.8) is 0 Å². The number of rotatable bonds is 6. The number of nitrogens with one attached hydrogen (secondary N) is 2. The van der Waals surface area contributed by atoms with Crippen molar-refractivity contribution < 1.29 is 0 Å². The van der Waals surface area contributed by atoms with Crippen LogP contribution in [0, 0.1) is 11.3 Å². The minimum absolute atomic E-state index is 0.395. The van der Waals surface area contributed by atoms with Gasteiger partial charge < -0.3 is 15.5 Å². The summed E-state index contributed by atoms with van der Waals surface area (Å²) in [5.41, 5.74) is 0.395. The third kappa shape index (κ3) is 5.80. The van der Waals surface area contributed by atoms with Crippen LogP contribution in [0.4, 0.5) is 0 Å². The smallest absolute Gasteiger partial charge is 0.0108 e. The molecule has 2 aliphatic rings. The van der Waals surface area contributed by atoms with Gasteiger partial charge in [-0.1, -0.05) is 33.1 Å². The second kappa shape index (κ2) is 7.61. The summed E-state index contributed by atoms with van der Waals surface area (Å²) in [6, 6.07) is 0. The van der Waals surface area contributed by atoms with Crippen molar-refractivity contribution in [2.24, 2.45) is 11.3 Å². The minimum Gasteiger partial charge on any atom is -0.316 e. The molecule has 0 aromatic rings. The normalized spacial score (nSPS) is 23.7. The van der Waals surface area contributed by atoms with Gasteiger partial charge in [0.2, 0.25) is 0 Å². The minimum atomic E-state index is 0.395. The Morgan fingerprint density at radius 1 is 1.11 bits per heavy atom. The molecule has 3 heteroatoms. The first-order valence-corrected chi connectivity index (χ1v) is 8.29. The lowest BCUT2D eigenvalue weighted by Crippen LogP contribution is -2.49. The molecule has 1 saturated carbocycles. The Hall–Kier alpha value is -0.120. The van der Waals surface area contributed by atoms with Crippen LogP contribution in [0.25, 0.3) is 0 Å². The fourth-order valence-corrected chi connectivity index (χ4v) is 3.54. The molecule has 0 aromatic carbocycles. The number of piperazine rings is 1. The number of hydrogen-bond acceptors (Lipinski definition) is 3. The van der Waals surface area contributed by atoms with Crippen LogP contribution in [-0.4, -0.2) is 50.7 Å². The van der Waals surface area contributed by atoms with Gasteiger partial charge in [-0.05, 0) is 30.7 Å². The molecule has 3 nitrogen and oxygen atoms in total. The second-order valence-corrected chi connectivity index (χ2v) is 7.33. The molecule has 0 unspecified atom stereocenters. The molecule has 0 bridgehead atoms. The number of nitrogens with zero attached hydrogens (tertiary/aromatic N) is 1. The van der Waals surface area contributed by atoms with Gasteiger partial charge in [0.25, 0.3) is 0 Å². The van der Waals surface area contributed by atoms with Gasteiger partial charge in [0.15, 0.2) is 0 Å². The standard InChI is InChI=1S/C16H33N3/c1-16(2,14-19-10-8-17-9-11-19)13-18-12-15-6-4-3-5-7-15/h15,17-18H,3-14H2,1-2H3. The van der Waals surface area contributed by atoms with E-state index in [4.69, 9.17) is 0 Å². The van der Waals surface area contributed by atoms with Gasteiger partial charge >= 0.3 is 0 Å². The maximum absolute atomic E-state index is 3.74. The second-order valence-electron chi connectivity index (χ2n) is 7.33. The molecule has 0 radical (unpaired) electrons. The zero-order chi connectivity index (χ0) is 13.6. The Labute approximate surface area is 119 Å². The van der Waals surface area contributed by atoms with E-state index in [1.807, 2.05) is 0 Å². The molecule has 2 fully saturated rings. The summed E-state index contributed by atoms with van der Waals surface area (Å²) in [6.07, 6.45) is 7.27. The van der Waals surface area contributed by atoms with Crippen LogP contribution in [0.1, 0.15) is 46.0 Å². The van der Waals surface area contributed by atoms with Gasteiger partial charge in [-0.3, -0.25) is 0 Å². The highest BCUT2D eigenvalue weighted by molar-refractivity contribution is 4.80. The van der Waals surface area contributed by atoms with Crippen LogP contribution in [-0.2, 0) is 0 Å². The molecule has 0 spiro atoms. The SMILES string of the molecule is CC(C)(CNCC1CCCCC1)CN1CCNCC1. The van der Waals surface area contributed by atoms with E-state index in [9.17, 15) is 0 Å². The topological polar surface area (TPSA) is 27.3 Å². The molecule has 112 valence electrons. The summed E-state index contributed by atoms with van der Waals surface area (Å²) in [6.45, 7) is 13.2. The summed E-state index contributed by atoms with van der Waals surface area (Å²) in [5, 5.41) is 7.17. The zero-order valence-electron chi connectivity index (χ0n) is 13.0. The molecule has 1 heterocycles. The van der Waals surface area contributed by atoms with E-state index in [2.05, 4.69) is 29.4 Å². The lowest BCUT2D eigenvalue weighted by molar-refractivity contribution is 0.156. The van der Waals surface area contributed by atoms with E-state index in [0.29, 0.717) is 5.41 Å². The highest BCUT2D eigenvalue weighted by Gasteiger charge is 2.23. The van der Waals surface area contributed by atoms with Crippen LogP contribution in [0.3, 0.4) is 0 Å². The molecule has 0 atom stereocenters. The van der Waals surface area contributed by atoms with E-state index in [1.54, 1.807) is 0 Å². The predicted octanol–water partition coefficient (Wildman–Crippen LogP) is 2.09. The van der Waals surface area contributed by atoms with Crippen molar-refractivity contribution in [3.05, 3.63) is 0 Å². The van der Waals surface area contributed by atoms with Crippen LogP contribution < -0.4 is 10.6 Å². The summed E-state index contributed by atoms with van der Waals surface area (Å²) in [7, 11) is 0. The van der Waals surface area contributed by atoms with Crippen molar-refractivity contribution in [2.45, 2.75) is 46.0 Å². The van der Waals surface area contributed by atoms with Gasteiger partial charge in [0, 0.05) is 39.3 Å². The first kappa shape index (κ1) is 15.3. The van der Waals surface area contributed by atoms with Crippen molar-refractivity contribution in [2.75, 3.05) is 45.8 Å². The Morgan fingerprint density at radius 2 is 1.79 bits per heavy atom. The fraction of sp³-hybridized carbons (Fsp3) is 1.00.